The van der Waals surface area contributed by atoms with E-state index in [1.165, 1.54) is 35.0 Å². The average Bonchev–Trinajstić information content (AvgIpc) is 3.44. The van der Waals surface area contributed by atoms with E-state index in [4.69, 9.17) is 19.9 Å². The quantitative estimate of drug-likeness (QED) is 0.477. The lowest BCUT2D eigenvalue weighted by Crippen LogP contribution is -2.43. The number of ether oxygens (including phenoxy) is 3. The van der Waals surface area contributed by atoms with Gasteiger partial charge >= 0.3 is 11.7 Å². The second-order valence-corrected chi connectivity index (χ2v) is 12.0. The van der Waals surface area contributed by atoms with Crippen LogP contribution in [0.3, 0.4) is 0 Å². The van der Waals surface area contributed by atoms with Crippen molar-refractivity contribution in [3.8, 4) is 0 Å². The first kappa shape index (κ1) is 28.4. The third kappa shape index (κ3) is 6.19. The largest absolute Gasteiger partial charge is 0.376 e. The third-order valence-corrected chi connectivity index (χ3v) is 7.54. The predicted molar refractivity (Wildman–Crippen MR) is 141 cm³/mol. The number of carbonyl (C=O) groups excluding carboxylic acids is 1. The van der Waals surface area contributed by atoms with E-state index in [9.17, 15) is 14.4 Å². The highest BCUT2D eigenvalue weighted by Gasteiger charge is 2.29. The molecule has 1 aliphatic rings. The van der Waals surface area contributed by atoms with E-state index in [1.807, 2.05) is 34.6 Å². The Balaban J connectivity index is 2.24. The fraction of sp³-hybridized carbons (Fsp3) is 0.720. The molecule has 1 unspecified atom stereocenters. The number of hydrogen-bond acceptors (Lipinski definition) is 7. The summed E-state index contributed by atoms with van der Waals surface area (Å²) in [5, 5.41) is 0.534. The van der Waals surface area contributed by atoms with Gasteiger partial charge in [0.15, 0.2) is 6.29 Å². The first-order valence-corrected chi connectivity index (χ1v) is 13.2. The summed E-state index contributed by atoms with van der Waals surface area (Å²) in [6.45, 7) is 11.7. The summed E-state index contributed by atoms with van der Waals surface area (Å²) < 4.78 is 19.4. The summed E-state index contributed by atoms with van der Waals surface area (Å²) in [5.74, 6) is -0.0198. The Hall–Kier alpha value is -2.21. The van der Waals surface area contributed by atoms with Crippen molar-refractivity contribution in [3.63, 3.8) is 0 Å². The van der Waals surface area contributed by atoms with Gasteiger partial charge in [0, 0.05) is 32.2 Å². The molecule has 10 nitrogen and oxygen atoms in total. The van der Waals surface area contributed by atoms with Crippen molar-refractivity contribution in [1.82, 2.24) is 14.0 Å². The lowest BCUT2D eigenvalue weighted by Gasteiger charge is -2.25. The molecule has 2 aromatic heterocycles. The van der Waals surface area contributed by atoms with Gasteiger partial charge in [-0.15, -0.1) is 11.3 Å². The minimum Gasteiger partial charge on any atom is -0.376 e. The maximum absolute atomic E-state index is 13.8. The van der Waals surface area contributed by atoms with Gasteiger partial charge in [0.1, 0.15) is 4.83 Å². The molecule has 0 bridgehead atoms. The minimum absolute atomic E-state index is 0.0198. The molecule has 1 saturated heterocycles. The van der Waals surface area contributed by atoms with Crippen molar-refractivity contribution in [2.75, 3.05) is 27.4 Å². The highest BCUT2D eigenvalue weighted by molar-refractivity contribution is 7.18. The fourth-order valence-electron chi connectivity index (χ4n) is 4.65. The van der Waals surface area contributed by atoms with E-state index < -0.39 is 12.3 Å². The molecule has 11 heteroatoms. The van der Waals surface area contributed by atoms with E-state index in [0.29, 0.717) is 29.9 Å². The molecule has 1 fully saturated rings. The van der Waals surface area contributed by atoms with Gasteiger partial charge in [0.05, 0.1) is 31.1 Å². The number of hydrogen-bond donors (Lipinski definition) is 1. The van der Waals surface area contributed by atoms with Crippen molar-refractivity contribution in [2.45, 2.75) is 85.4 Å². The van der Waals surface area contributed by atoms with Crippen molar-refractivity contribution >= 4 is 27.6 Å². The summed E-state index contributed by atoms with van der Waals surface area (Å²) in [7, 11) is 2.99. The number of nitrogens with zero attached hydrogens (tertiary/aromatic N) is 3. The van der Waals surface area contributed by atoms with Crippen LogP contribution in [0.25, 0.3) is 10.2 Å². The predicted octanol–water partition coefficient (Wildman–Crippen LogP) is 3.07. The zero-order valence-corrected chi connectivity index (χ0v) is 23.3. The van der Waals surface area contributed by atoms with Crippen LogP contribution in [0, 0.1) is 5.41 Å². The zero-order chi connectivity index (χ0) is 26.8. The second-order valence-electron chi connectivity index (χ2n) is 10.9. The zero-order valence-electron chi connectivity index (χ0n) is 22.5. The molecule has 0 aliphatic carbocycles. The molecule has 0 saturated carbocycles. The van der Waals surface area contributed by atoms with Crippen LogP contribution in [0.15, 0.2) is 9.59 Å². The summed E-state index contributed by atoms with van der Waals surface area (Å²) in [5.41, 5.74) is 5.63. The molecule has 2 amide bonds. The summed E-state index contributed by atoms with van der Waals surface area (Å²) in [6, 6.07) is -0.622. The lowest BCUT2D eigenvalue weighted by atomic mass is 9.96. The van der Waals surface area contributed by atoms with Crippen LogP contribution < -0.4 is 17.0 Å². The normalized spacial score (nSPS) is 16.5. The highest BCUT2D eigenvalue weighted by atomic mass is 32.1. The fourth-order valence-corrected chi connectivity index (χ4v) is 6.12. The van der Waals surface area contributed by atoms with E-state index >= 15 is 0 Å². The van der Waals surface area contributed by atoms with Crippen molar-refractivity contribution < 1.29 is 19.0 Å². The van der Waals surface area contributed by atoms with Crippen LogP contribution in [0.1, 0.15) is 63.8 Å². The van der Waals surface area contributed by atoms with Crippen LogP contribution in [0.4, 0.5) is 4.79 Å². The Morgan fingerprint density at radius 1 is 1.22 bits per heavy atom. The van der Waals surface area contributed by atoms with Crippen molar-refractivity contribution in [2.24, 2.45) is 11.1 Å². The molecular weight excluding hydrogens is 484 g/mol. The SMILES string of the molecule is COC(CN(Cc1sc2c(c1C(C)C)c(=O)n(CC(C)(C)C)c(=O)n2CC1CCCO1)C(N)=O)OC. The van der Waals surface area contributed by atoms with Crippen LogP contribution >= 0.6 is 11.3 Å². The topological polar surface area (TPSA) is 118 Å². The minimum atomic E-state index is -0.643. The highest BCUT2D eigenvalue weighted by Crippen LogP contribution is 2.35. The molecule has 0 spiro atoms. The average molecular weight is 525 g/mol. The van der Waals surface area contributed by atoms with Crippen LogP contribution in [-0.4, -0.2) is 59.8 Å². The maximum atomic E-state index is 13.8. The molecule has 3 rings (SSSR count). The van der Waals surface area contributed by atoms with Gasteiger partial charge in [-0.1, -0.05) is 34.6 Å². The number of thiophene rings is 1. The van der Waals surface area contributed by atoms with Gasteiger partial charge in [0.25, 0.3) is 5.56 Å². The third-order valence-electron chi connectivity index (χ3n) is 6.33. The molecule has 2 N–H and O–H groups in total. The molecule has 36 heavy (non-hydrogen) atoms. The Morgan fingerprint density at radius 2 is 1.89 bits per heavy atom. The first-order valence-electron chi connectivity index (χ1n) is 12.4. The maximum Gasteiger partial charge on any atom is 0.332 e. The molecular formula is C25H40N4O6S. The Morgan fingerprint density at radius 3 is 2.39 bits per heavy atom. The number of aromatic nitrogens is 2. The van der Waals surface area contributed by atoms with Crippen LogP contribution in [0.5, 0.6) is 0 Å². The van der Waals surface area contributed by atoms with Crippen molar-refractivity contribution in [1.29, 1.82) is 0 Å². The number of fused-ring (bicyclic) bond motifs is 1. The first-order chi connectivity index (χ1) is 16.9. The molecule has 2 aromatic rings. The number of nitrogens with two attached hydrogens (primary N) is 1. The van der Waals surface area contributed by atoms with Gasteiger partial charge in [-0.25, -0.2) is 9.59 Å². The van der Waals surface area contributed by atoms with Gasteiger partial charge in [-0.3, -0.25) is 13.9 Å². The van der Waals surface area contributed by atoms with Gasteiger partial charge in [-0.2, -0.15) is 0 Å². The number of carbonyl (C=O) groups is 1. The molecule has 0 aromatic carbocycles. The number of primary amides is 1. The van der Waals surface area contributed by atoms with E-state index in [2.05, 4.69) is 0 Å². The summed E-state index contributed by atoms with van der Waals surface area (Å²) in [6.07, 6.45) is 1.10. The molecule has 3 heterocycles. The molecule has 0 radical (unpaired) electrons. The number of urea groups is 1. The smallest absolute Gasteiger partial charge is 0.332 e. The molecule has 1 aliphatic heterocycles. The Kier molecular flexibility index (Phi) is 9.02. The van der Waals surface area contributed by atoms with Gasteiger partial charge < -0.3 is 24.8 Å². The monoisotopic (exact) mass is 524 g/mol. The van der Waals surface area contributed by atoms with Gasteiger partial charge in [-0.05, 0) is 29.7 Å². The standard InChI is InChI=1S/C25H40N4O6S/c1-15(2)19-17(12-27(23(26)31)13-18(33-6)34-7)36-22-20(19)21(30)29(14-25(3,4)5)24(32)28(22)11-16-9-8-10-35-16/h15-16,18H,8-14H2,1-7H3,(H2,26,31). The number of amides is 2. The van der Waals surface area contributed by atoms with E-state index in [1.54, 1.807) is 4.57 Å². The Bertz CT molecular complexity index is 1180. The van der Waals surface area contributed by atoms with E-state index in [-0.39, 0.29) is 41.8 Å². The Labute approximate surface area is 215 Å². The summed E-state index contributed by atoms with van der Waals surface area (Å²) >= 11 is 1.37. The van der Waals surface area contributed by atoms with Crippen LogP contribution in [0.2, 0.25) is 0 Å². The molecule has 1 atom stereocenters. The van der Waals surface area contributed by atoms with E-state index in [0.717, 1.165) is 23.3 Å². The second kappa shape index (κ2) is 11.5. The van der Waals surface area contributed by atoms with Gasteiger partial charge in [0.2, 0.25) is 0 Å². The van der Waals surface area contributed by atoms with Crippen molar-refractivity contribution in [3.05, 3.63) is 31.3 Å². The number of rotatable bonds is 10. The van der Waals surface area contributed by atoms with Crippen LogP contribution in [-0.2, 0) is 33.8 Å². The number of methoxy groups -OCH3 is 2. The lowest BCUT2D eigenvalue weighted by molar-refractivity contribution is -0.111. The molecule has 202 valence electrons. The summed E-state index contributed by atoms with van der Waals surface area (Å²) in [4.78, 5) is 42.7.